The Labute approximate surface area is 199 Å². The number of carbonyl (C=O) groups excluding carboxylic acids is 2. The van der Waals surface area contributed by atoms with Gasteiger partial charge in [-0.15, -0.1) is 0 Å². The zero-order valence-electron chi connectivity index (χ0n) is 18.9. The van der Waals surface area contributed by atoms with E-state index in [1.807, 2.05) is 61.2 Å². The fourth-order valence-corrected chi connectivity index (χ4v) is 4.31. The van der Waals surface area contributed by atoms with Crippen molar-refractivity contribution in [1.82, 2.24) is 4.90 Å². The summed E-state index contributed by atoms with van der Waals surface area (Å²) in [7, 11) is 0. The van der Waals surface area contributed by atoms with E-state index in [0.29, 0.717) is 23.7 Å². The molecule has 1 aliphatic rings. The first-order chi connectivity index (χ1) is 15.9. The summed E-state index contributed by atoms with van der Waals surface area (Å²) in [6.45, 7) is 5.36. The molecule has 0 unspecified atom stereocenters. The highest BCUT2D eigenvalue weighted by atomic mass is 35.5. The molecule has 33 heavy (non-hydrogen) atoms. The normalized spacial score (nSPS) is 15.7. The van der Waals surface area contributed by atoms with Gasteiger partial charge < -0.3 is 15.5 Å². The van der Waals surface area contributed by atoms with Crippen LogP contribution < -0.4 is 10.6 Å². The van der Waals surface area contributed by atoms with E-state index in [4.69, 9.17) is 11.6 Å². The van der Waals surface area contributed by atoms with E-state index in [0.717, 1.165) is 40.9 Å². The van der Waals surface area contributed by atoms with Crippen LogP contribution in [0.1, 0.15) is 45.8 Å². The third-order valence-electron chi connectivity index (χ3n) is 6.28. The lowest BCUT2D eigenvalue weighted by Crippen LogP contribution is -2.41. The summed E-state index contributed by atoms with van der Waals surface area (Å²) in [6, 6.07) is 20.6. The van der Waals surface area contributed by atoms with Crippen molar-refractivity contribution in [2.24, 2.45) is 0 Å². The Hall–Kier alpha value is -3.31. The Bertz CT molecular complexity index is 1160. The number of amides is 3. The molecule has 5 nitrogen and oxygen atoms in total. The highest BCUT2D eigenvalue weighted by molar-refractivity contribution is 6.30. The van der Waals surface area contributed by atoms with Crippen LogP contribution in [0.25, 0.3) is 0 Å². The molecule has 1 atom stereocenters. The maximum atomic E-state index is 12.9. The summed E-state index contributed by atoms with van der Waals surface area (Å²) in [4.78, 5) is 27.5. The summed E-state index contributed by atoms with van der Waals surface area (Å²) in [5.74, 6) is 0.0573. The van der Waals surface area contributed by atoms with Crippen molar-refractivity contribution in [2.75, 3.05) is 23.7 Å². The van der Waals surface area contributed by atoms with Crippen LogP contribution in [0.15, 0.2) is 66.7 Å². The minimum atomic E-state index is -0.126. The fraction of sp³-hybridized carbons (Fsp3) is 0.259. The number of hydrogen-bond acceptors (Lipinski definition) is 2. The largest absolute Gasteiger partial charge is 0.324 e. The van der Waals surface area contributed by atoms with Gasteiger partial charge in [-0.1, -0.05) is 35.9 Å². The molecule has 1 aliphatic heterocycles. The van der Waals surface area contributed by atoms with Gasteiger partial charge in [0.25, 0.3) is 5.91 Å². The predicted octanol–water partition coefficient (Wildman–Crippen LogP) is 6.62. The van der Waals surface area contributed by atoms with Crippen molar-refractivity contribution in [1.29, 1.82) is 0 Å². The fourth-order valence-electron chi connectivity index (χ4n) is 4.18. The van der Waals surface area contributed by atoms with Gasteiger partial charge in [0.2, 0.25) is 0 Å². The highest BCUT2D eigenvalue weighted by Crippen LogP contribution is 2.28. The maximum Gasteiger partial charge on any atom is 0.321 e. The van der Waals surface area contributed by atoms with E-state index in [2.05, 4.69) is 10.6 Å². The summed E-state index contributed by atoms with van der Waals surface area (Å²) >= 11 is 5.93. The molecule has 1 fully saturated rings. The molecule has 0 saturated carbocycles. The smallest absolute Gasteiger partial charge is 0.321 e. The minimum absolute atomic E-state index is 0.120. The van der Waals surface area contributed by atoms with Crippen LogP contribution in [-0.4, -0.2) is 29.9 Å². The molecular weight excluding hydrogens is 434 g/mol. The number of nitrogens with zero attached hydrogens (tertiary/aromatic N) is 1. The van der Waals surface area contributed by atoms with Crippen LogP contribution in [0.3, 0.4) is 0 Å². The molecule has 4 rings (SSSR count). The monoisotopic (exact) mass is 461 g/mol. The summed E-state index contributed by atoms with van der Waals surface area (Å²) in [5.41, 5.74) is 5.45. The second kappa shape index (κ2) is 10.1. The standard InChI is InChI=1S/C27H28ClN3O2/c1-18-6-3-10-25(19(18)2)30-26(32)21-8-4-7-20(16-21)22-9-5-15-31(17-22)27(33)29-24-13-11-23(28)12-14-24/h3-4,6-8,10-14,16,22H,5,9,15,17H2,1-2H3,(H,29,33)(H,30,32)/t22-/m0/s1. The third-order valence-corrected chi connectivity index (χ3v) is 6.53. The second-order valence-corrected chi connectivity index (χ2v) is 8.99. The van der Waals surface area contributed by atoms with Crippen LogP contribution in [0.2, 0.25) is 5.02 Å². The molecule has 3 aromatic carbocycles. The lowest BCUT2D eigenvalue weighted by atomic mass is 9.89. The number of nitrogens with one attached hydrogen (secondary N) is 2. The van der Waals surface area contributed by atoms with Crippen molar-refractivity contribution in [3.05, 3.63) is 94.0 Å². The predicted molar refractivity (Wildman–Crippen MR) is 134 cm³/mol. The van der Waals surface area contributed by atoms with Gasteiger partial charge in [-0.3, -0.25) is 4.79 Å². The van der Waals surface area contributed by atoms with E-state index >= 15 is 0 Å². The molecule has 6 heteroatoms. The summed E-state index contributed by atoms with van der Waals surface area (Å²) in [5, 5.41) is 6.61. The number of likely N-dealkylation sites (tertiary alicyclic amines) is 1. The van der Waals surface area contributed by atoms with E-state index in [-0.39, 0.29) is 17.9 Å². The number of urea groups is 1. The Kier molecular flexibility index (Phi) is 6.99. The molecule has 3 aromatic rings. The molecule has 3 amide bonds. The molecule has 0 aliphatic carbocycles. The van der Waals surface area contributed by atoms with E-state index in [1.165, 1.54) is 0 Å². The minimum Gasteiger partial charge on any atom is -0.324 e. The lowest BCUT2D eigenvalue weighted by Gasteiger charge is -2.33. The maximum absolute atomic E-state index is 12.9. The van der Waals surface area contributed by atoms with Gasteiger partial charge in [0.05, 0.1) is 0 Å². The molecule has 170 valence electrons. The van der Waals surface area contributed by atoms with Crippen molar-refractivity contribution in [3.8, 4) is 0 Å². The molecule has 0 spiro atoms. The van der Waals surface area contributed by atoms with Gasteiger partial charge in [-0.25, -0.2) is 4.79 Å². The van der Waals surface area contributed by atoms with Gasteiger partial charge in [-0.05, 0) is 85.8 Å². The second-order valence-electron chi connectivity index (χ2n) is 8.55. The molecule has 0 bridgehead atoms. The molecule has 1 saturated heterocycles. The Morgan fingerprint density at radius 1 is 0.970 bits per heavy atom. The number of hydrogen-bond donors (Lipinski definition) is 2. The number of piperidine rings is 1. The Balaban J connectivity index is 1.44. The molecular formula is C27H28ClN3O2. The van der Waals surface area contributed by atoms with Crippen LogP contribution in [0.5, 0.6) is 0 Å². The van der Waals surface area contributed by atoms with Gasteiger partial charge in [-0.2, -0.15) is 0 Å². The van der Waals surface area contributed by atoms with Crippen molar-refractivity contribution in [2.45, 2.75) is 32.6 Å². The Morgan fingerprint density at radius 2 is 1.73 bits per heavy atom. The zero-order chi connectivity index (χ0) is 23.4. The van der Waals surface area contributed by atoms with Crippen LogP contribution in [0.4, 0.5) is 16.2 Å². The van der Waals surface area contributed by atoms with Crippen LogP contribution >= 0.6 is 11.6 Å². The summed E-state index contributed by atoms with van der Waals surface area (Å²) < 4.78 is 0. The SMILES string of the molecule is Cc1cccc(NC(=O)c2cccc([C@H]3CCCN(C(=O)Nc4ccc(Cl)cc4)C3)c2)c1C. The number of aryl methyl sites for hydroxylation is 1. The first-order valence-corrected chi connectivity index (χ1v) is 11.6. The lowest BCUT2D eigenvalue weighted by molar-refractivity contribution is 0.102. The molecule has 0 aromatic heterocycles. The van der Waals surface area contributed by atoms with E-state index in [1.54, 1.807) is 24.3 Å². The number of halogens is 1. The van der Waals surface area contributed by atoms with Gasteiger partial charge in [0.15, 0.2) is 0 Å². The summed E-state index contributed by atoms with van der Waals surface area (Å²) in [6.07, 6.45) is 1.89. The molecule has 0 radical (unpaired) electrons. The number of anilines is 2. The average molecular weight is 462 g/mol. The first-order valence-electron chi connectivity index (χ1n) is 11.2. The van der Waals surface area contributed by atoms with Crippen LogP contribution in [0, 0.1) is 13.8 Å². The number of carbonyl (C=O) groups is 2. The van der Waals surface area contributed by atoms with Gasteiger partial charge in [0.1, 0.15) is 0 Å². The molecule has 2 N–H and O–H groups in total. The van der Waals surface area contributed by atoms with Crippen molar-refractivity contribution in [3.63, 3.8) is 0 Å². The van der Waals surface area contributed by atoms with E-state index in [9.17, 15) is 9.59 Å². The third kappa shape index (κ3) is 5.55. The number of rotatable bonds is 4. The zero-order valence-corrected chi connectivity index (χ0v) is 19.7. The van der Waals surface area contributed by atoms with E-state index < -0.39 is 0 Å². The Morgan fingerprint density at radius 3 is 2.52 bits per heavy atom. The van der Waals surface area contributed by atoms with Crippen molar-refractivity contribution >= 4 is 34.9 Å². The van der Waals surface area contributed by atoms with Crippen LogP contribution in [-0.2, 0) is 0 Å². The van der Waals surface area contributed by atoms with Crippen molar-refractivity contribution < 1.29 is 9.59 Å². The average Bonchev–Trinajstić information content (AvgIpc) is 2.83. The number of benzene rings is 3. The molecule has 1 heterocycles. The quantitative estimate of drug-likeness (QED) is 0.458. The van der Waals surface area contributed by atoms with Gasteiger partial charge in [0, 0.05) is 41.0 Å². The van der Waals surface area contributed by atoms with Gasteiger partial charge >= 0.3 is 6.03 Å². The highest BCUT2D eigenvalue weighted by Gasteiger charge is 2.25. The topological polar surface area (TPSA) is 61.4 Å². The first kappa shape index (κ1) is 22.9.